The van der Waals surface area contributed by atoms with E-state index in [0.717, 1.165) is 22.5 Å². The molecular weight excluding hydrogens is 414 g/mol. The number of nitrogens with one attached hydrogen (secondary N) is 2. The number of carbonyl (C=O) groups is 2. The van der Waals surface area contributed by atoms with Gasteiger partial charge in [0, 0.05) is 6.04 Å². The molecule has 168 valence electrons. The van der Waals surface area contributed by atoms with Gasteiger partial charge >= 0.3 is 0 Å². The Labute approximate surface area is 184 Å². The Morgan fingerprint density at radius 2 is 1.71 bits per heavy atom. The third kappa shape index (κ3) is 6.30. The summed E-state index contributed by atoms with van der Waals surface area (Å²) in [5.74, 6) is -0.796. The highest BCUT2D eigenvalue weighted by Crippen LogP contribution is 2.25. The van der Waals surface area contributed by atoms with Gasteiger partial charge in [-0.2, -0.15) is 0 Å². The number of nitrogens with zero attached hydrogens (tertiary/aromatic N) is 1. The molecule has 0 saturated heterocycles. The quantitative estimate of drug-likeness (QED) is 0.615. The Morgan fingerprint density at radius 1 is 1.03 bits per heavy atom. The molecule has 0 radical (unpaired) electrons. The van der Waals surface area contributed by atoms with Crippen LogP contribution in [0.3, 0.4) is 0 Å². The average molecular weight is 446 g/mol. The molecule has 0 aliphatic carbocycles. The summed E-state index contributed by atoms with van der Waals surface area (Å²) < 4.78 is 26.4. The van der Waals surface area contributed by atoms with Crippen LogP contribution in [-0.4, -0.2) is 38.6 Å². The van der Waals surface area contributed by atoms with Crippen LogP contribution in [0.25, 0.3) is 0 Å². The minimum atomic E-state index is -3.74. The number of sulfonamides is 1. The molecule has 2 atom stereocenters. The topological polar surface area (TPSA) is 95.6 Å². The summed E-state index contributed by atoms with van der Waals surface area (Å²) >= 11 is 0. The molecule has 0 fully saturated rings. The number of benzene rings is 2. The first-order valence-electron chi connectivity index (χ1n) is 10.3. The van der Waals surface area contributed by atoms with Gasteiger partial charge < -0.3 is 10.6 Å². The molecule has 0 aliphatic heterocycles. The van der Waals surface area contributed by atoms with Crippen LogP contribution in [0, 0.1) is 6.92 Å². The highest BCUT2D eigenvalue weighted by Gasteiger charge is 2.32. The van der Waals surface area contributed by atoms with Gasteiger partial charge in [-0.25, -0.2) is 8.42 Å². The van der Waals surface area contributed by atoms with Crippen LogP contribution >= 0.6 is 0 Å². The molecule has 8 heteroatoms. The van der Waals surface area contributed by atoms with Gasteiger partial charge in [0.05, 0.1) is 23.2 Å². The second kappa shape index (κ2) is 10.4. The molecule has 0 spiro atoms. The fourth-order valence-corrected chi connectivity index (χ4v) is 4.44. The molecule has 7 nitrogen and oxygen atoms in total. The SMILES string of the molecule is CC[C@@H](C)NC(=O)c1ccccc1NC(=O)[C@@H](CC)N(c1cccc(C)c1)S(C)(=O)=O. The summed E-state index contributed by atoms with van der Waals surface area (Å²) in [6.07, 6.45) is 2.12. The Hall–Kier alpha value is -2.87. The van der Waals surface area contributed by atoms with Crippen molar-refractivity contribution >= 4 is 33.2 Å². The van der Waals surface area contributed by atoms with Crippen LogP contribution in [0.1, 0.15) is 49.5 Å². The van der Waals surface area contributed by atoms with Crippen molar-refractivity contribution in [1.82, 2.24) is 5.32 Å². The number of rotatable bonds is 9. The maximum absolute atomic E-state index is 13.2. The van der Waals surface area contributed by atoms with Gasteiger partial charge in [0.15, 0.2) is 0 Å². The van der Waals surface area contributed by atoms with Crippen LogP contribution in [-0.2, 0) is 14.8 Å². The van der Waals surface area contributed by atoms with Gasteiger partial charge in [0.25, 0.3) is 5.91 Å². The van der Waals surface area contributed by atoms with E-state index in [-0.39, 0.29) is 18.4 Å². The number of hydrogen-bond acceptors (Lipinski definition) is 4. The summed E-state index contributed by atoms with van der Waals surface area (Å²) in [7, 11) is -3.74. The second-order valence-corrected chi connectivity index (χ2v) is 9.50. The molecule has 0 bridgehead atoms. The van der Waals surface area contributed by atoms with Crippen molar-refractivity contribution < 1.29 is 18.0 Å². The standard InChI is InChI=1S/C23H31N3O4S/c1-6-17(4)24-22(27)19-13-8-9-14-20(19)25-23(28)21(7-2)26(31(5,29)30)18-12-10-11-16(3)15-18/h8-15,17,21H,6-7H2,1-5H3,(H,24,27)(H,25,28)/t17-,21-/m1/s1. The maximum Gasteiger partial charge on any atom is 0.253 e. The molecule has 2 N–H and O–H groups in total. The molecular formula is C23H31N3O4S. The monoisotopic (exact) mass is 445 g/mol. The minimum absolute atomic E-state index is 0.0123. The van der Waals surface area contributed by atoms with E-state index in [0.29, 0.717) is 16.9 Å². The fourth-order valence-electron chi connectivity index (χ4n) is 3.24. The number of amides is 2. The molecule has 2 aromatic carbocycles. The number of anilines is 2. The maximum atomic E-state index is 13.2. The first-order chi connectivity index (χ1) is 14.6. The first kappa shape index (κ1) is 24.4. The first-order valence-corrected chi connectivity index (χ1v) is 12.2. The molecule has 2 aromatic rings. The lowest BCUT2D eigenvalue weighted by molar-refractivity contribution is -0.117. The molecule has 2 amide bonds. The van der Waals surface area contributed by atoms with Crippen molar-refractivity contribution in [2.24, 2.45) is 0 Å². The Bertz CT molecular complexity index is 1040. The van der Waals surface area contributed by atoms with E-state index in [4.69, 9.17) is 0 Å². The van der Waals surface area contributed by atoms with Crippen molar-refractivity contribution in [3.63, 3.8) is 0 Å². The summed E-state index contributed by atoms with van der Waals surface area (Å²) in [6, 6.07) is 12.7. The Balaban J connectivity index is 2.37. The van der Waals surface area contributed by atoms with E-state index in [2.05, 4.69) is 10.6 Å². The second-order valence-electron chi connectivity index (χ2n) is 7.64. The zero-order valence-corrected chi connectivity index (χ0v) is 19.5. The zero-order chi connectivity index (χ0) is 23.2. The lowest BCUT2D eigenvalue weighted by Crippen LogP contribution is -2.47. The van der Waals surface area contributed by atoms with Crippen molar-refractivity contribution in [3.8, 4) is 0 Å². The van der Waals surface area contributed by atoms with E-state index in [1.165, 1.54) is 0 Å². The number of hydrogen-bond donors (Lipinski definition) is 2. The smallest absolute Gasteiger partial charge is 0.253 e. The molecule has 0 aromatic heterocycles. The van der Waals surface area contributed by atoms with E-state index in [1.54, 1.807) is 49.4 Å². The van der Waals surface area contributed by atoms with Gasteiger partial charge in [0.1, 0.15) is 6.04 Å². The van der Waals surface area contributed by atoms with E-state index in [9.17, 15) is 18.0 Å². The summed E-state index contributed by atoms with van der Waals surface area (Å²) in [5.41, 5.74) is 1.97. The molecule has 0 aliphatic rings. The molecule has 0 heterocycles. The van der Waals surface area contributed by atoms with E-state index in [1.807, 2.05) is 26.8 Å². The number of carbonyl (C=O) groups excluding carboxylic acids is 2. The number of aryl methyl sites for hydroxylation is 1. The van der Waals surface area contributed by atoms with Crippen LogP contribution < -0.4 is 14.9 Å². The van der Waals surface area contributed by atoms with Gasteiger partial charge in [-0.3, -0.25) is 13.9 Å². The van der Waals surface area contributed by atoms with Crippen molar-refractivity contribution in [3.05, 3.63) is 59.7 Å². The molecule has 31 heavy (non-hydrogen) atoms. The lowest BCUT2D eigenvalue weighted by Gasteiger charge is -2.30. The van der Waals surface area contributed by atoms with Crippen molar-refractivity contribution in [2.75, 3.05) is 15.9 Å². The third-order valence-corrected chi connectivity index (χ3v) is 6.19. The van der Waals surface area contributed by atoms with Crippen molar-refractivity contribution in [2.45, 2.75) is 52.6 Å². The molecule has 0 unspecified atom stereocenters. The van der Waals surface area contributed by atoms with Crippen LogP contribution in [0.2, 0.25) is 0 Å². The van der Waals surface area contributed by atoms with Gasteiger partial charge in [-0.05, 0) is 56.5 Å². The normalized spacial score (nSPS) is 13.2. The average Bonchev–Trinajstić information content (AvgIpc) is 2.70. The summed E-state index contributed by atoms with van der Waals surface area (Å²) in [6.45, 7) is 7.48. The van der Waals surface area contributed by atoms with Gasteiger partial charge in [-0.1, -0.05) is 38.1 Å². The van der Waals surface area contributed by atoms with Crippen LogP contribution in [0.5, 0.6) is 0 Å². The van der Waals surface area contributed by atoms with Crippen LogP contribution in [0.15, 0.2) is 48.5 Å². The predicted octanol–water partition coefficient (Wildman–Crippen LogP) is 3.71. The highest BCUT2D eigenvalue weighted by molar-refractivity contribution is 7.92. The zero-order valence-electron chi connectivity index (χ0n) is 18.7. The predicted molar refractivity (Wildman–Crippen MR) is 125 cm³/mol. The number of para-hydroxylation sites is 1. The van der Waals surface area contributed by atoms with Crippen molar-refractivity contribution in [1.29, 1.82) is 0 Å². The highest BCUT2D eigenvalue weighted by atomic mass is 32.2. The fraction of sp³-hybridized carbons (Fsp3) is 0.391. The lowest BCUT2D eigenvalue weighted by atomic mass is 10.1. The van der Waals surface area contributed by atoms with E-state index < -0.39 is 22.0 Å². The largest absolute Gasteiger partial charge is 0.350 e. The third-order valence-electron chi connectivity index (χ3n) is 5.01. The minimum Gasteiger partial charge on any atom is -0.350 e. The van der Waals surface area contributed by atoms with Gasteiger partial charge in [0.2, 0.25) is 15.9 Å². The van der Waals surface area contributed by atoms with Gasteiger partial charge in [-0.15, -0.1) is 0 Å². The molecule has 2 rings (SSSR count). The Kier molecular flexibility index (Phi) is 8.21. The van der Waals surface area contributed by atoms with Crippen LogP contribution in [0.4, 0.5) is 11.4 Å². The Morgan fingerprint density at radius 3 is 2.29 bits per heavy atom. The summed E-state index contributed by atoms with van der Waals surface area (Å²) in [5, 5.41) is 5.65. The summed E-state index contributed by atoms with van der Waals surface area (Å²) in [4.78, 5) is 25.8. The van der Waals surface area contributed by atoms with E-state index >= 15 is 0 Å². The molecule has 0 saturated carbocycles.